The van der Waals surface area contributed by atoms with Crippen LogP contribution in [-0.2, 0) is 11.2 Å². The van der Waals surface area contributed by atoms with Gasteiger partial charge in [-0.1, -0.05) is 24.3 Å². The van der Waals surface area contributed by atoms with E-state index in [1.54, 1.807) is 19.1 Å². The monoisotopic (exact) mass is 207 g/mol. The Bertz CT molecular complexity index is 363. The molecule has 0 bridgehead atoms. The summed E-state index contributed by atoms with van der Waals surface area (Å²) in [5.41, 5.74) is 6.34. The first kappa shape index (κ1) is 11.2. The molecule has 0 radical (unpaired) electrons. The molecule has 1 aromatic rings. The van der Waals surface area contributed by atoms with Crippen molar-refractivity contribution in [3.05, 3.63) is 35.4 Å². The maximum atomic E-state index is 10.7. The van der Waals surface area contributed by atoms with Crippen LogP contribution in [0.15, 0.2) is 24.3 Å². The van der Waals surface area contributed by atoms with Gasteiger partial charge in [0.1, 0.15) is 12.4 Å². The van der Waals surface area contributed by atoms with Crippen molar-refractivity contribution < 1.29 is 14.3 Å². The van der Waals surface area contributed by atoms with Gasteiger partial charge in [-0.15, -0.1) is 0 Å². The minimum Gasteiger partial charge on any atom is -0.446 e. The van der Waals surface area contributed by atoms with Crippen LogP contribution in [0, 0.1) is 0 Å². The molecule has 1 amide bonds. The van der Waals surface area contributed by atoms with Gasteiger partial charge < -0.3 is 10.5 Å². The van der Waals surface area contributed by atoms with E-state index in [-0.39, 0.29) is 6.10 Å². The largest absolute Gasteiger partial charge is 0.446 e. The van der Waals surface area contributed by atoms with E-state index in [2.05, 4.69) is 0 Å². The molecule has 0 aromatic heterocycles. The summed E-state index contributed by atoms with van der Waals surface area (Å²) in [6.07, 6.45) is 0.138. The predicted molar refractivity (Wildman–Crippen MR) is 55.7 cm³/mol. The maximum absolute atomic E-state index is 10.7. The van der Waals surface area contributed by atoms with Crippen LogP contribution in [0.25, 0.3) is 0 Å². The standard InChI is InChI=1S/C11H13NO3/c1-8(15-11(12)14)6-9-4-2-3-5-10(9)7-13/h2-5,7-8H,6H2,1H3,(H2,12,14). The lowest BCUT2D eigenvalue weighted by Gasteiger charge is -2.12. The van der Waals surface area contributed by atoms with Crippen LogP contribution in [0.1, 0.15) is 22.8 Å². The summed E-state index contributed by atoms with van der Waals surface area (Å²) >= 11 is 0. The zero-order valence-electron chi connectivity index (χ0n) is 8.47. The van der Waals surface area contributed by atoms with Gasteiger partial charge in [-0.25, -0.2) is 4.79 Å². The van der Waals surface area contributed by atoms with Gasteiger partial charge in [0.05, 0.1) is 0 Å². The third-order valence-electron chi connectivity index (χ3n) is 2.01. The summed E-state index contributed by atoms with van der Waals surface area (Å²) < 4.78 is 4.78. The summed E-state index contributed by atoms with van der Waals surface area (Å²) in [4.78, 5) is 21.2. The van der Waals surface area contributed by atoms with E-state index in [4.69, 9.17) is 10.5 Å². The number of ether oxygens (including phenoxy) is 1. The SMILES string of the molecule is CC(Cc1ccccc1C=O)OC(N)=O. The van der Waals surface area contributed by atoms with Gasteiger partial charge in [0, 0.05) is 12.0 Å². The summed E-state index contributed by atoms with van der Waals surface area (Å²) in [7, 11) is 0. The molecule has 0 aliphatic heterocycles. The molecule has 80 valence electrons. The summed E-state index contributed by atoms with van der Waals surface area (Å²) in [6.45, 7) is 1.73. The van der Waals surface area contributed by atoms with Crippen LogP contribution in [0.4, 0.5) is 4.79 Å². The predicted octanol–water partition coefficient (Wildman–Crippen LogP) is 1.53. The van der Waals surface area contributed by atoms with Crippen molar-refractivity contribution in [2.75, 3.05) is 0 Å². The zero-order chi connectivity index (χ0) is 11.3. The fourth-order valence-corrected chi connectivity index (χ4v) is 1.38. The third kappa shape index (κ3) is 3.42. The van der Waals surface area contributed by atoms with Gasteiger partial charge >= 0.3 is 6.09 Å². The molecule has 0 heterocycles. The molecule has 0 saturated heterocycles. The van der Waals surface area contributed by atoms with E-state index in [9.17, 15) is 9.59 Å². The fourth-order valence-electron chi connectivity index (χ4n) is 1.38. The number of carbonyl (C=O) groups excluding carboxylic acids is 2. The molecular weight excluding hydrogens is 194 g/mol. The maximum Gasteiger partial charge on any atom is 0.404 e. The van der Waals surface area contributed by atoms with Crippen molar-refractivity contribution in [2.45, 2.75) is 19.4 Å². The molecule has 1 aromatic carbocycles. The Balaban J connectivity index is 2.71. The molecule has 15 heavy (non-hydrogen) atoms. The highest BCUT2D eigenvalue weighted by atomic mass is 16.6. The second-order valence-electron chi connectivity index (χ2n) is 3.27. The van der Waals surface area contributed by atoms with E-state index in [0.29, 0.717) is 12.0 Å². The summed E-state index contributed by atoms with van der Waals surface area (Å²) in [6, 6.07) is 7.16. The average Bonchev–Trinajstić information content (AvgIpc) is 2.17. The van der Waals surface area contributed by atoms with Crippen LogP contribution in [0.3, 0.4) is 0 Å². The van der Waals surface area contributed by atoms with E-state index in [1.807, 2.05) is 12.1 Å². The van der Waals surface area contributed by atoms with E-state index >= 15 is 0 Å². The molecule has 4 nitrogen and oxygen atoms in total. The average molecular weight is 207 g/mol. The summed E-state index contributed by atoms with van der Waals surface area (Å²) in [5.74, 6) is 0. The lowest BCUT2D eigenvalue weighted by atomic mass is 10.0. The molecule has 2 N–H and O–H groups in total. The van der Waals surface area contributed by atoms with Crippen molar-refractivity contribution in [1.82, 2.24) is 0 Å². The number of benzene rings is 1. The molecule has 4 heteroatoms. The van der Waals surface area contributed by atoms with E-state index < -0.39 is 6.09 Å². The number of primary amides is 1. The smallest absolute Gasteiger partial charge is 0.404 e. The second kappa shape index (κ2) is 5.14. The highest BCUT2D eigenvalue weighted by Crippen LogP contribution is 2.10. The minimum atomic E-state index is -0.800. The Morgan fingerprint density at radius 2 is 2.20 bits per heavy atom. The molecule has 0 spiro atoms. The highest BCUT2D eigenvalue weighted by Gasteiger charge is 2.09. The van der Waals surface area contributed by atoms with E-state index in [0.717, 1.165) is 11.8 Å². The molecule has 0 fully saturated rings. The van der Waals surface area contributed by atoms with Gasteiger partial charge in [-0.2, -0.15) is 0 Å². The van der Waals surface area contributed by atoms with Crippen LogP contribution < -0.4 is 5.73 Å². The molecular formula is C11H13NO3. The molecule has 0 aliphatic rings. The van der Waals surface area contributed by atoms with Crippen molar-refractivity contribution in [2.24, 2.45) is 5.73 Å². The Morgan fingerprint density at radius 1 is 1.53 bits per heavy atom. The molecule has 0 saturated carbocycles. The number of aldehydes is 1. The lowest BCUT2D eigenvalue weighted by molar-refractivity contribution is 0.111. The number of carbonyl (C=O) groups is 2. The number of hydrogen-bond acceptors (Lipinski definition) is 3. The van der Waals surface area contributed by atoms with Crippen molar-refractivity contribution in [3.8, 4) is 0 Å². The zero-order valence-corrected chi connectivity index (χ0v) is 8.47. The summed E-state index contributed by atoms with van der Waals surface area (Å²) in [5, 5.41) is 0. The Hall–Kier alpha value is -1.84. The minimum absolute atomic E-state index is 0.330. The molecule has 1 unspecified atom stereocenters. The van der Waals surface area contributed by atoms with Crippen molar-refractivity contribution in [3.63, 3.8) is 0 Å². The quantitative estimate of drug-likeness (QED) is 0.761. The third-order valence-corrected chi connectivity index (χ3v) is 2.01. The number of rotatable bonds is 4. The van der Waals surface area contributed by atoms with Gasteiger partial charge in [0.2, 0.25) is 0 Å². The first-order valence-corrected chi connectivity index (χ1v) is 4.62. The Kier molecular flexibility index (Phi) is 3.85. The highest BCUT2D eigenvalue weighted by molar-refractivity contribution is 5.77. The van der Waals surface area contributed by atoms with Crippen LogP contribution >= 0.6 is 0 Å². The number of nitrogens with two attached hydrogens (primary N) is 1. The topological polar surface area (TPSA) is 69.4 Å². The second-order valence-corrected chi connectivity index (χ2v) is 3.27. The van der Waals surface area contributed by atoms with Gasteiger partial charge in [0.15, 0.2) is 0 Å². The van der Waals surface area contributed by atoms with Gasteiger partial charge in [-0.3, -0.25) is 4.79 Å². The first-order chi connectivity index (χ1) is 7.13. The van der Waals surface area contributed by atoms with Gasteiger partial charge in [-0.05, 0) is 12.5 Å². The fraction of sp³-hybridized carbons (Fsp3) is 0.273. The number of hydrogen-bond donors (Lipinski definition) is 1. The Labute approximate surface area is 88.0 Å². The molecule has 1 rings (SSSR count). The molecule has 1 atom stereocenters. The van der Waals surface area contributed by atoms with Crippen LogP contribution in [-0.4, -0.2) is 18.5 Å². The number of amides is 1. The van der Waals surface area contributed by atoms with Crippen molar-refractivity contribution in [1.29, 1.82) is 0 Å². The van der Waals surface area contributed by atoms with Crippen LogP contribution in [0.2, 0.25) is 0 Å². The Morgan fingerprint density at radius 3 is 2.80 bits per heavy atom. The molecule has 0 aliphatic carbocycles. The van der Waals surface area contributed by atoms with E-state index in [1.165, 1.54) is 0 Å². The van der Waals surface area contributed by atoms with Crippen LogP contribution in [0.5, 0.6) is 0 Å². The normalized spacial score (nSPS) is 11.8. The lowest BCUT2D eigenvalue weighted by Crippen LogP contribution is -2.22. The van der Waals surface area contributed by atoms with Gasteiger partial charge in [0.25, 0.3) is 0 Å². The first-order valence-electron chi connectivity index (χ1n) is 4.62. The van der Waals surface area contributed by atoms with Crippen molar-refractivity contribution >= 4 is 12.4 Å².